The van der Waals surface area contributed by atoms with Gasteiger partial charge in [0.05, 0.1) is 13.3 Å². The number of carbonyl (C=O) groups excluding carboxylic acids is 1. The number of hydrogen-bond donors (Lipinski definition) is 2. The van der Waals surface area contributed by atoms with Crippen molar-refractivity contribution in [3.05, 3.63) is 12.0 Å². The highest BCUT2D eigenvalue weighted by atomic mass is 32.2. The average Bonchev–Trinajstić information content (AvgIpc) is 2.75. The summed E-state index contributed by atoms with van der Waals surface area (Å²) < 4.78 is 29.6. The quantitative estimate of drug-likeness (QED) is 0.678. The van der Waals surface area contributed by atoms with E-state index in [0.717, 1.165) is 0 Å². The number of carbonyl (C=O) groups is 1. The van der Waals surface area contributed by atoms with E-state index >= 15 is 0 Å². The Bertz CT molecular complexity index is 465. The lowest BCUT2D eigenvalue weighted by Gasteiger charge is -2.02. The molecule has 0 saturated carbocycles. The first-order valence-electron chi connectivity index (χ1n) is 4.60. The number of aryl methyl sites for hydroxylation is 1. The van der Waals surface area contributed by atoms with Gasteiger partial charge in [-0.1, -0.05) is 6.92 Å². The molecule has 1 aromatic rings. The maximum Gasteiger partial charge on any atom is 0.320 e. The van der Waals surface area contributed by atoms with Gasteiger partial charge in [0.25, 0.3) is 10.0 Å². The number of hydrogen-bond acceptors (Lipinski definition) is 5. The highest BCUT2D eigenvalue weighted by molar-refractivity contribution is 7.89. The lowest BCUT2D eigenvalue weighted by Crippen LogP contribution is -2.30. The Morgan fingerprint density at radius 2 is 2.31 bits per heavy atom. The van der Waals surface area contributed by atoms with Gasteiger partial charge in [-0.15, -0.1) is 0 Å². The molecule has 16 heavy (non-hydrogen) atoms. The van der Waals surface area contributed by atoms with E-state index in [1.54, 1.807) is 0 Å². The van der Waals surface area contributed by atoms with Gasteiger partial charge in [0.15, 0.2) is 5.03 Å². The predicted molar refractivity (Wildman–Crippen MR) is 55.2 cm³/mol. The first-order valence-corrected chi connectivity index (χ1v) is 6.08. The fourth-order valence-corrected chi connectivity index (χ4v) is 1.87. The fraction of sp³-hybridized carbons (Fsp3) is 0.500. The van der Waals surface area contributed by atoms with Gasteiger partial charge in [-0.25, -0.2) is 13.4 Å². The van der Waals surface area contributed by atoms with Gasteiger partial charge in [0.2, 0.25) is 0 Å². The van der Waals surface area contributed by atoms with Crippen molar-refractivity contribution in [3.63, 3.8) is 0 Å². The number of ether oxygens (including phenoxy) is 1. The third-order valence-electron chi connectivity index (χ3n) is 1.86. The molecule has 0 spiro atoms. The van der Waals surface area contributed by atoms with E-state index in [-0.39, 0.29) is 5.03 Å². The molecule has 1 heterocycles. The van der Waals surface area contributed by atoms with Crippen molar-refractivity contribution in [1.29, 1.82) is 0 Å². The standard InChI is InChI=1S/C8H13N3O4S/c1-3-6-9-4-7(11-6)16(13,14)10-5-8(12)15-2/h4,10H,3,5H2,1-2H3,(H,9,11). The monoisotopic (exact) mass is 247 g/mol. The van der Waals surface area contributed by atoms with E-state index in [4.69, 9.17) is 0 Å². The van der Waals surface area contributed by atoms with E-state index in [0.29, 0.717) is 12.2 Å². The summed E-state index contributed by atoms with van der Waals surface area (Å²) in [5.74, 6) is -0.0859. The average molecular weight is 247 g/mol. The Hall–Kier alpha value is -1.41. The largest absolute Gasteiger partial charge is 0.468 e. The molecule has 0 aliphatic rings. The van der Waals surface area contributed by atoms with E-state index in [9.17, 15) is 13.2 Å². The molecule has 0 fully saturated rings. The Morgan fingerprint density at radius 1 is 1.62 bits per heavy atom. The van der Waals surface area contributed by atoms with Gasteiger partial charge in [0.1, 0.15) is 12.4 Å². The molecule has 0 amide bonds. The van der Waals surface area contributed by atoms with Crippen molar-refractivity contribution in [2.45, 2.75) is 18.4 Å². The number of esters is 1. The zero-order chi connectivity index (χ0) is 12.2. The van der Waals surface area contributed by atoms with Crippen LogP contribution in [-0.2, 0) is 26.0 Å². The van der Waals surface area contributed by atoms with Crippen LogP contribution in [0.15, 0.2) is 11.2 Å². The third-order valence-corrected chi connectivity index (χ3v) is 3.17. The molecule has 0 radical (unpaired) electrons. The minimum Gasteiger partial charge on any atom is -0.468 e. The van der Waals surface area contributed by atoms with Crippen LogP contribution in [0, 0.1) is 0 Å². The summed E-state index contributed by atoms with van der Waals surface area (Å²) in [4.78, 5) is 17.3. The molecular formula is C8H13N3O4S. The second kappa shape index (κ2) is 5.08. The van der Waals surface area contributed by atoms with Crippen molar-refractivity contribution in [2.75, 3.05) is 13.7 Å². The molecule has 0 bridgehead atoms. The molecule has 8 heteroatoms. The molecule has 0 aromatic carbocycles. The summed E-state index contributed by atoms with van der Waals surface area (Å²) in [6.07, 6.45) is 1.81. The van der Waals surface area contributed by atoms with Gasteiger partial charge in [-0.05, 0) is 0 Å². The molecule has 1 aromatic heterocycles. The Kier molecular flexibility index (Phi) is 4.02. The minimum atomic E-state index is -3.72. The molecule has 90 valence electrons. The van der Waals surface area contributed by atoms with Gasteiger partial charge < -0.3 is 9.72 Å². The maximum atomic E-state index is 11.6. The van der Waals surface area contributed by atoms with E-state index in [2.05, 4.69) is 19.4 Å². The minimum absolute atomic E-state index is 0.0618. The van der Waals surface area contributed by atoms with Crippen LogP contribution in [0.25, 0.3) is 0 Å². The SMILES string of the molecule is CCc1ncc(S(=O)(=O)NCC(=O)OC)[nH]1. The number of aromatic amines is 1. The third kappa shape index (κ3) is 3.04. The van der Waals surface area contributed by atoms with Gasteiger partial charge >= 0.3 is 5.97 Å². The molecule has 1 rings (SSSR count). The number of rotatable bonds is 5. The lowest BCUT2D eigenvalue weighted by molar-refractivity contribution is -0.139. The Morgan fingerprint density at radius 3 is 2.81 bits per heavy atom. The summed E-state index contributed by atoms with van der Waals surface area (Å²) in [5, 5.41) is -0.0618. The number of nitrogens with one attached hydrogen (secondary N) is 2. The summed E-state index contributed by atoms with van der Waals surface area (Å²) in [7, 11) is -2.54. The summed E-state index contributed by atoms with van der Waals surface area (Å²) in [6.45, 7) is 1.44. The normalized spacial score (nSPS) is 11.4. The van der Waals surface area contributed by atoms with Crippen LogP contribution in [0.4, 0.5) is 0 Å². The number of imidazole rings is 1. The smallest absolute Gasteiger partial charge is 0.320 e. The number of sulfonamides is 1. The Labute approximate surface area is 93.3 Å². The van der Waals surface area contributed by atoms with Gasteiger partial charge in [-0.2, -0.15) is 4.72 Å². The van der Waals surface area contributed by atoms with Crippen LogP contribution in [-0.4, -0.2) is 38.0 Å². The fourth-order valence-electron chi connectivity index (χ4n) is 0.963. The molecule has 0 aliphatic carbocycles. The van der Waals surface area contributed by atoms with E-state index in [1.165, 1.54) is 13.3 Å². The van der Waals surface area contributed by atoms with Crippen LogP contribution in [0.5, 0.6) is 0 Å². The van der Waals surface area contributed by atoms with Crippen molar-refractivity contribution in [3.8, 4) is 0 Å². The van der Waals surface area contributed by atoms with Crippen LogP contribution in [0.3, 0.4) is 0 Å². The number of nitrogens with zero attached hydrogens (tertiary/aromatic N) is 1. The number of H-pyrrole nitrogens is 1. The van der Waals surface area contributed by atoms with Gasteiger partial charge in [-0.3, -0.25) is 4.79 Å². The molecule has 7 nitrogen and oxygen atoms in total. The van der Waals surface area contributed by atoms with Crippen molar-refractivity contribution >= 4 is 16.0 Å². The summed E-state index contributed by atoms with van der Waals surface area (Å²) >= 11 is 0. The predicted octanol–water partition coefficient (Wildman–Crippen LogP) is -0.577. The molecule has 0 aliphatic heterocycles. The molecular weight excluding hydrogens is 234 g/mol. The highest BCUT2D eigenvalue weighted by Crippen LogP contribution is 2.05. The number of aromatic nitrogens is 2. The van der Waals surface area contributed by atoms with Crippen molar-refractivity contribution < 1.29 is 17.9 Å². The first-order chi connectivity index (χ1) is 7.49. The van der Waals surface area contributed by atoms with E-state index in [1.807, 2.05) is 6.92 Å². The van der Waals surface area contributed by atoms with Gasteiger partial charge in [0, 0.05) is 6.42 Å². The first kappa shape index (κ1) is 12.7. The second-order valence-electron chi connectivity index (χ2n) is 2.95. The van der Waals surface area contributed by atoms with Crippen LogP contribution in [0.2, 0.25) is 0 Å². The molecule has 2 N–H and O–H groups in total. The zero-order valence-electron chi connectivity index (χ0n) is 8.98. The molecule has 0 saturated heterocycles. The van der Waals surface area contributed by atoms with Crippen LogP contribution >= 0.6 is 0 Å². The molecule has 0 unspecified atom stereocenters. The Balaban J connectivity index is 2.74. The summed E-state index contributed by atoms with van der Waals surface area (Å²) in [6, 6.07) is 0. The number of methoxy groups -OCH3 is 1. The second-order valence-corrected chi connectivity index (χ2v) is 4.68. The van der Waals surface area contributed by atoms with Crippen molar-refractivity contribution in [1.82, 2.24) is 14.7 Å². The maximum absolute atomic E-state index is 11.6. The highest BCUT2D eigenvalue weighted by Gasteiger charge is 2.17. The topological polar surface area (TPSA) is 101 Å². The van der Waals surface area contributed by atoms with Crippen LogP contribution in [0.1, 0.15) is 12.7 Å². The van der Waals surface area contributed by atoms with Crippen LogP contribution < -0.4 is 4.72 Å². The summed E-state index contributed by atoms with van der Waals surface area (Å²) in [5.41, 5.74) is 0. The van der Waals surface area contributed by atoms with Crippen molar-refractivity contribution in [2.24, 2.45) is 0 Å². The zero-order valence-corrected chi connectivity index (χ0v) is 9.80. The van der Waals surface area contributed by atoms with E-state index < -0.39 is 22.5 Å². The molecule has 0 atom stereocenters. The lowest BCUT2D eigenvalue weighted by atomic mass is 10.5.